The van der Waals surface area contributed by atoms with Crippen LogP contribution in [0.3, 0.4) is 0 Å². The standard InChI is InChI=1S/C20H21F2N5O2/c1-25-10-8-23-15(20(25)29)11-26-9-4-7-16(26)18-24-14-6-3-2-5-13(14)19(28)27(18)12-17(21)22/h2-3,5-6,8,10,16-17H,4,7,9,11-12H2,1H3. The van der Waals surface area contributed by atoms with Crippen LogP contribution in [-0.4, -0.2) is 37.0 Å². The van der Waals surface area contributed by atoms with Gasteiger partial charge in [-0.3, -0.25) is 24.0 Å². The number of hydrogen-bond donors (Lipinski definition) is 0. The van der Waals surface area contributed by atoms with Crippen LogP contribution in [0.5, 0.6) is 0 Å². The molecule has 1 aliphatic rings. The number of nitrogens with zero attached hydrogens (tertiary/aromatic N) is 5. The Hall–Kier alpha value is -2.94. The molecule has 7 nitrogen and oxygen atoms in total. The fourth-order valence-electron chi connectivity index (χ4n) is 3.91. The molecule has 0 N–H and O–H groups in total. The topological polar surface area (TPSA) is 73.0 Å². The highest BCUT2D eigenvalue weighted by Gasteiger charge is 2.31. The molecule has 0 aliphatic carbocycles. The number of rotatable bonds is 5. The minimum absolute atomic E-state index is 0.199. The Balaban J connectivity index is 1.78. The van der Waals surface area contributed by atoms with Crippen LogP contribution in [-0.2, 0) is 20.1 Å². The van der Waals surface area contributed by atoms with E-state index in [9.17, 15) is 18.4 Å². The van der Waals surface area contributed by atoms with Crippen molar-refractivity contribution in [3.05, 3.63) is 68.9 Å². The first kappa shape index (κ1) is 19.4. The SMILES string of the molecule is Cn1ccnc(CN2CCCC2c2nc3ccccc3c(=O)n2CC(F)F)c1=O. The van der Waals surface area contributed by atoms with E-state index in [-0.39, 0.29) is 18.1 Å². The summed E-state index contributed by atoms with van der Waals surface area (Å²) in [6.07, 6.45) is 1.95. The van der Waals surface area contributed by atoms with Crippen LogP contribution in [0.4, 0.5) is 8.78 Å². The van der Waals surface area contributed by atoms with Gasteiger partial charge in [-0.05, 0) is 31.5 Å². The Morgan fingerprint density at radius 1 is 1.21 bits per heavy atom. The molecular formula is C20H21F2N5O2. The van der Waals surface area contributed by atoms with Crippen molar-refractivity contribution in [1.82, 2.24) is 24.0 Å². The first-order valence-electron chi connectivity index (χ1n) is 9.48. The minimum atomic E-state index is -2.67. The molecule has 1 atom stereocenters. The molecule has 3 heterocycles. The third kappa shape index (κ3) is 3.69. The number of hydrogen-bond acceptors (Lipinski definition) is 5. The molecule has 0 bridgehead atoms. The van der Waals surface area contributed by atoms with Crippen molar-refractivity contribution < 1.29 is 8.78 Å². The zero-order valence-electron chi connectivity index (χ0n) is 16.0. The average molecular weight is 401 g/mol. The van der Waals surface area contributed by atoms with E-state index in [0.29, 0.717) is 35.4 Å². The number of aryl methyl sites for hydroxylation is 1. The molecule has 0 amide bonds. The number of likely N-dealkylation sites (tertiary alicyclic amines) is 1. The molecule has 0 saturated carbocycles. The molecule has 2 aromatic heterocycles. The highest BCUT2D eigenvalue weighted by molar-refractivity contribution is 5.77. The van der Waals surface area contributed by atoms with Crippen LogP contribution in [0.1, 0.15) is 30.4 Å². The van der Waals surface area contributed by atoms with Crippen LogP contribution >= 0.6 is 0 Å². The maximum Gasteiger partial charge on any atom is 0.273 e. The summed E-state index contributed by atoms with van der Waals surface area (Å²) in [5.41, 5.74) is 0.199. The van der Waals surface area contributed by atoms with E-state index in [2.05, 4.69) is 9.97 Å². The van der Waals surface area contributed by atoms with Crippen LogP contribution in [0.2, 0.25) is 0 Å². The zero-order valence-corrected chi connectivity index (χ0v) is 16.0. The van der Waals surface area contributed by atoms with Crippen molar-refractivity contribution in [2.75, 3.05) is 6.54 Å². The van der Waals surface area contributed by atoms with Crippen molar-refractivity contribution in [1.29, 1.82) is 0 Å². The molecule has 9 heteroatoms. The number of para-hydroxylation sites is 1. The van der Waals surface area contributed by atoms with Crippen LogP contribution < -0.4 is 11.1 Å². The highest BCUT2D eigenvalue weighted by Crippen LogP contribution is 2.32. The van der Waals surface area contributed by atoms with Crippen LogP contribution in [0.25, 0.3) is 10.9 Å². The summed E-state index contributed by atoms with van der Waals surface area (Å²) in [4.78, 5) is 36.0. The first-order chi connectivity index (χ1) is 14.0. The number of alkyl halides is 2. The van der Waals surface area contributed by atoms with E-state index < -0.39 is 18.5 Å². The van der Waals surface area contributed by atoms with E-state index in [0.717, 1.165) is 11.0 Å². The van der Waals surface area contributed by atoms with Gasteiger partial charge in [0.2, 0.25) is 0 Å². The van der Waals surface area contributed by atoms with E-state index >= 15 is 0 Å². The lowest BCUT2D eigenvalue weighted by Gasteiger charge is -2.26. The molecule has 1 unspecified atom stereocenters. The predicted molar refractivity (Wildman–Crippen MR) is 104 cm³/mol. The molecule has 0 spiro atoms. The van der Waals surface area contributed by atoms with Gasteiger partial charge in [-0.25, -0.2) is 13.8 Å². The van der Waals surface area contributed by atoms with Gasteiger partial charge in [0.1, 0.15) is 11.5 Å². The second kappa shape index (κ2) is 7.82. The van der Waals surface area contributed by atoms with Gasteiger partial charge in [-0.2, -0.15) is 0 Å². The van der Waals surface area contributed by atoms with Gasteiger partial charge < -0.3 is 4.57 Å². The monoisotopic (exact) mass is 401 g/mol. The van der Waals surface area contributed by atoms with Crippen LogP contribution in [0.15, 0.2) is 46.2 Å². The number of benzene rings is 1. The third-order valence-corrected chi connectivity index (χ3v) is 5.31. The van der Waals surface area contributed by atoms with Crippen molar-refractivity contribution in [2.45, 2.75) is 38.4 Å². The maximum absolute atomic E-state index is 13.3. The summed E-state index contributed by atoms with van der Waals surface area (Å²) >= 11 is 0. The van der Waals surface area contributed by atoms with Crippen molar-refractivity contribution >= 4 is 10.9 Å². The summed E-state index contributed by atoms with van der Waals surface area (Å²) < 4.78 is 29.0. The number of fused-ring (bicyclic) bond motifs is 1. The Labute approximate surface area is 165 Å². The molecule has 1 aliphatic heterocycles. The van der Waals surface area contributed by atoms with Gasteiger partial charge in [-0.15, -0.1) is 0 Å². The summed E-state index contributed by atoms with van der Waals surface area (Å²) in [5.74, 6) is 0.319. The van der Waals surface area contributed by atoms with Gasteiger partial charge in [0, 0.05) is 26.0 Å². The molecular weight excluding hydrogens is 380 g/mol. The molecule has 29 heavy (non-hydrogen) atoms. The average Bonchev–Trinajstić information content (AvgIpc) is 3.15. The highest BCUT2D eigenvalue weighted by atomic mass is 19.3. The van der Waals surface area contributed by atoms with Gasteiger partial charge >= 0.3 is 0 Å². The molecule has 3 aromatic rings. The summed E-state index contributed by atoms with van der Waals surface area (Å²) in [6.45, 7) is 0.235. The zero-order chi connectivity index (χ0) is 20.5. The predicted octanol–water partition coefficient (Wildman–Crippen LogP) is 2.09. The Morgan fingerprint density at radius 2 is 2.00 bits per heavy atom. The molecule has 0 radical (unpaired) electrons. The largest absolute Gasteiger partial charge is 0.315 e. The molecule has 1 fully saturated rings. The smallest absolute Gasteiger partial charge is 0.273 e. The molecule has 152 valence electrons. The third-order valence-electron chi connectivity index (χ3n) is 5.31. The Bertz CT molecular complexity index is 1160. The quantitative estimate of drug-likeness (QED) is 0.655. The number of halogens is 2. The number of aromatic nitrogens is 4. The summed E-state index contributed by atoms with van der Waals surface area (Å²) in [7, 11) is 1.65. The van der Waals surface area contributed by atoms with Gasteiger partial charge in [0.05, 0.1) is 23.5 Å². The van der Waals surface area contributed by atoms with Gasteiger partial charge in [-0.1, -0.05) is 12.1 Å². The second-order valence-corrected chi connectivity index (χ2v) is 7.21. The lowest BCUT2D eigenvalue weighted by atomic mass is 10.1. The van der Waals surface area contributed by atoms with Crippen molar-refractivity contribution in [3.63, 3.8) is 0 Å². The molecule has 4 rings (SSSR count). The summed E-state index contributed by atoms with van der Waals surface area (Å²) in [6, 6.07) is 6.43. The van der Waals surface area contributed by atoms with Gasteiger partial charge in [0.25, 0.3) is 17.5 Å². The Morgan fingerprint density at radius 3 is 2.79 bits per heavy atom. The molecule has 1 aromatic carbocycles. The van der Waals surface area contributed by atoms with E-state index in [1.54, 1.807) is 43.7 Å². The lowest BCUT2D eigenvalue weighted by Crippen LogP contribution is -2.35. The van der Waals surface area contributed by atoms with Crippen molar-refractivity contribution in [3.8, 4) is 0 Å². The van der Waals surface area contributed by atoms with E-state index in [1.807, 2.05) is 4.90 Å². The minimum Gasteiger partial charge on any atom is -0.315 e. The fourth-order valence-corrected chi connectivity index (χ4v) is 3.91. The van der Waals surface area contributed by atoms with Crippen molar-refractivity contribution in [2.24, 2.45) is 7.05 Å². The Kier molecular flexibility index (Phi) is 5.23. The second-order valence-electron chi connectivity index (χ2n) is 7.21. The van der Waals surface area contributed by atoms with E-state index in [4.69, 9.17) is 0 Å². The van der Waals surface area contributed by atoms with Crippen LogP contribution in [0, 0.1) is 0 Å². The normalized spacial score (nSPS) is 17.4. The lowest BCUT2D eigenvalue weighted by molar-refractivity contribution is 0.120. The maximum atomic E-state index is 13.3. The first-order valence-corrected chi connectivity index (χ1v) is 9.48. The fraction of sp³-hybridized carbons (Fsp3) is 0.400. The van der Waals surface area contributed by atoms with E-state index in [1.165, 1.54) is 4.57 Å². The molecule has 1 saturated heterocycles. The van der Waals surface area contributed by atoms with Gasteiger partial charge in [0.15, 0.2) is 0 Å². The summed E-state index contributed by atoms with van der Waals surface area (Å²) in [5, 5.41) is 0.319.